The van der Waals surface area contributed by atoms with Crippen LogP contribution in [0.15, 0.2) is 24.3 Å². The van der Waals surface area contributed by atoms with E-state index in [1.807, 2.05) is 31.2 Å². The molecule has 1 saturated heterocycles. The van der Waals surface area contributed by atoms with Crippen LogP contribution >= 0.6 is 11.6 Å². The van der Waals surface area contributed by atoms with E-state index >= 15 is 0 Å². The number of β-amino-alcohol motifs (C(OH)–C–C–N with tert-alkyl or cyclic N) is 1. The zero-order valence-electron chi connectivity index (χ0n) is 12.1. The van der Waals surface area contributed by atoms with Crippen LogP contribution in [0.4, 0.5) is 0 Å². The van der Waals surface area contributed by atoms with Crippen molar-refractivity contribution in [1.29, 1.82) is 0 Å². The number of ether oxygens (including phenoxy) is 1. The molecule has 1 aliphatic rings. The number of piperidine rings is 1. The normalized spacial score (nSPS) is 19.1. The maximum atomic E-state index is 10.3. The molecule has 1 aliphatic heterocycles. The molecule has 0 aliphatic carbocycles. The van der Waals surface area contributed by atoms with Crippen molar-refractivity contribution in [1.82, 2.24) is 4.90 Å². The van der Waals surface area contributed by atoms with E-state index in [1.54, 1.807) is 0 Å². The Labute approximate surface area is 126 Å². The lowest BCUT2D eigenvalue weighted by Gasteiger charge is -2.33. The zero-order chi connectivity index (χ0) is 14.4. The highest BCUT2D eigenvalue weighted by Gasteiger charge is 2.21. The average Bonchev–Trinajstić information content (AvgIpc) is 2.47. The van der Waals surface area contributed by atoms with Crippen molar-refractivity contribution in [3.8, 4) is 0 Å². The SMILES string of the molecule is CCOCC1CCN(CC(O)c2ccc(Cl)cc2)CC1. The summed E-state index contributed by atoms with van der Waals surface area (Å²) < 4.78 is 5.49. The molecular weight excluding hydrogens is 274 g/mol. The lowest BCUT2D eigenvalue weighted by atomic mass is 9.97. The van der Waals surface area contributed by atoms with Crippen molar-refractivity contribution in [2.24, 2.45) is 5.92 Å². The van der Waals surface area contributed by atoms with E-state index in [4.69, 9.17) is 16.3 Å². The minimum Gasteiger partial charge on any atom is -0.387 e. The molecule has 2 rings (SSSR count). The molecule has 4 heteroatoms. The number of hydrogen-bond donors (Lipinski definition) is 1. The molecule has 0 radical (unpaired) electrons. The number of halogens is 1. The summed E-state index contributed by atoms with van der Waals surface area (Å²) in [5.74, 6) is 0.680. The van der Waals surface area contributed by atoms with Crippen molar-refractivity contribution < 1.29 is 9.84 Å². The molecule has 0 amide bonds. The summed E-state index contributed by atoms with van der Waals surface area (Å²) in [6.07, 6.45) is 1.89. The largest absolute Gasteiger partial charge is 0.387 e. The van der Waals surface area contributed by atoms with E-state index in [-0.39, 0.29) is 0 Å². The summed E-state index contributed by atoms with van der Waals surface area (Å²) in [4.78, 5) is 2.34. The van der Waals surface area contributed by atoms with Gasteiger partial charge in [-0.15, -0.1) is 0 Å². The third-order valence-electron chi connectivity index (χ3n) is 3.95. The average molecular weight is 298 g/mol. The minimum atomic E-state index is -0.435. The van der Waals surface area contributed by atoms with Gasteiger partial charge in [0.05, 0.1) is 6.10 Å². The van der Waals surface area contributed by atoms with Crippen LogP contribution in [0.25, 0.3) is 0 Å². The molecule has 3 nitrogen and oxygen atoms in total. The first kappa shape index (κ1) is 15.8. The number of likely N-dealkylation sites (tertiary alicyclic amines) is 1. The Morgan fingerprint density at radius 3 is 2.55 bits per heavy atom. The van der Waals surface area contributed by atoms with E-state index < -0.39 is 6.10 Å². The Kier molecular flexibility index (Phi) is 6.30. The smallest absolute Gasteiger partial charge is 0.0916 e. The standard InChI is InChI=1S/C16H24ClNO2/c1-2-20-12-13-7-9-18(10-8-13)11-16(19)14-3-5-15(17)6-4-14/h3-6,13,16,19H,2,7-12H2,1H3. The number of nitrogens with zero attached hydrogens (tertiary/aromatic N) is 1. The molecule has 0 bridgehead atoms. The second-order valence-corrected chi connectivity index (χ2v) is 5.91. The third kappa shape index (κ3) is 4.74. The van der Waals surface area contributed by atoms with Crippen LogP contribution in [-0.2, 0) is 4.74 Å². The summed E-state index contributed by atoms with van der Waals surface area (Å²) in [6, 6.07) is 7.45. The number of hydrogen-bond acceptors (Lipinski definition) is 3. The molecule has 1 aromatic rings. The van der Waals surface area contributed by atoms with Crippen molar-refractivity contribution >= 4 is 11.6 Å². The van der Waals surface area contributed by atoms with Crippen molar-refractivity contribution in [2.75, 3.05) is 32.8 Å². The quantitative estimate of drug-likeness (QED) is 0.876. The Bertz CT molecular complexity index is 388. The second-order valence-electron chi connectivity index (χ2n) is 5.47. The molecule has 1 atom stereocenters. The van der Waals surface area contributed by atoms with Crippen LogP contribution in [0.5, 0.6) is 0 Å². The maximum absolute atomic E-state index is 10.3. The predicted octanol–water partition coefficient (Wildman–Crippen LogP) is 3.12. The van der Waals surface area contributed by atoms with Gasteiger partial charge >= 0.3 is 0 Å². The summed E-state index contributed by atoms with van der Waals surface area (Å²) in [5.41, 5.74) is 0.936. The number of aliphatic hydroxyl groups is 1. The molecule has 0 spiro atoms. The van der Waals surface area contributed by atoms with Crippen LogP contribution in [0.3, 0.4) is 0 Å². The van der Waals surface area contributed by atoms with Crippen molar-refractivity contribution in [3.05, 3.63) is 34.9 Å². The monoisotopic (exact) mass is 297 g/mol. The van der Waals surface area contributed by atoms with Gasteiger partial charge in [-0.2, -0.15) is 0 Å². The van der Waals surface area contributed by atoms with Crippen LogP contribution < -0.4 is 0 Å². The fraction of sp³-hybridized carbons (Fsp3) is 0.625. The first-order valence-electron chi connectivity index (χ1n) is 7.42. The van der Waals surface area contributed by atoms with Crippen LogP contribution in [0.2, 0.25) is 5.02 Å². The molecule has 1 fully saturated rings. The topological polar surface area (TPSA) is 32.7 Å². The maximum Gasteiger partial charge on any atom is 0.0916 e. The van der Waals surface area contributed by atoms with E-state index in [2.05, 4.69) is 4.90 Å². The van der Waals surface area contributed by atoms with Gasteiger partial charge in [0.2, 0.25) is 0 Å². The van der Waals surface area contributed by atoms with Gasteiger partial charge in [0.25, 0.3) is 0 Å². The Morgan fingerprint density at radius 1 is 1.30 bits per heavy atom. The zero-order valence-corrected chi connectivity index (χ0v) is 12.9. The van der Waals surface area contributed by atoms with Gasteiger partial charge in [-0.1, -0.05) is 23.7 Å². The van der Waals surface area contributed by atoms with E-state index in [0.29, 0.717) is 17.5 Å². The number of benzene rings is 1. The van der Waals surface area contributed by atoms with Gasteiger partial charge in [-0.3, -0.25) is 0 Å². The van der Waals surface area contributed by atoms with E-state index in [1.165, 1.54) is 0 Å². The molecular formula is C16H24ClNO2. The highest BCUT2D eigenvalue weighted by molar-refractivity contribution is 6.30. The first-order chi connectivity index (χ1) is 9.69. The predicted molar refractivity (Wildman–Crippen MR) is 82.1 cm³/mol. The summed E-state index contributed by atoms with van der Waals surface area (Å²) in [5, 5.41) is 11.0. The summed E-state index contributed by atoms with van der Waals surface area (Å²) >= 11 is 5.86. The minimum absolute atomic E-state index is 0.435. The first-order valence-corrected chi connectivity index (χ1v) is 7.80. The Balaban J connectivity index is 1.76. The molecule has 20 heavy (non-hydrogen) atoms. The van der Waals surface area contributed by atoms with Gasteiger partial charge < -0.3 is 14.7 Å². The lowest BCUT2D eigenvalue weighted by Crippen LogP contribution is -2.37. The van der Waals surface area contributed by atoms with Crippen molar-refractivity contribution in [2.45, 2.75) is 25.9 Å². The Hall–Kier alpha value is -0.610. The molecule has 0 saturated carbocycles. The summed E-state index contributed by atoms with van der Waals surface area (Å²) in [6.45, 7) is 6.50. The molecule has 1 aromatic carbocycles. The second kappa shape index (κ2) is 7.99. The van der Waals surface area contributed by atoms with E-state index in [9.17, 15) is 5.11 Å². The molecule has 1 heterocycles. The molecule has 0 aromatic heterocycles. The van der Waals surface area contributed by atoms with Crippen LogP contribution in [0, 0.1) is 5.92 Å². The van der Waals surface area contributed by atoms with E-state index in [0.717, 1.165) is 44.7 Å². The molecule has 1 N–H and O–H groups in total. The third-order valence-corrected chi connectivity index (χ3v) is 4.20. The molecule has 112 valence electrons. The van der Waals surface area contributed by atoms with Crippen molar-refractivity contribution in [3.63, 3.8) is 0 Å². The summed E-state index contributed by atoms with van der Waals surface area (Å²) in [7, 11) is 0. The fourth-order valence-corrected chi connectivity index (χ4v) is 2.78. The van der Waals surface area contributed by atoms with Crippen LogP contribution in [-0.4, -0.2) is 42.9 Å². The molecule has 1 unspecified atom stereocenters. The van der Waals surface area contributed by atoms with Crippen LogP contribution in [0.1, 0.15) is 31.4 Å². The van der Waals surface area contributed by atoms with Gasteiger partial charge in [-0.25, -0.2) is 0 Å². The van der Waals surface area contributed by atoms with Gasteiger partial charge in [-0.05, 0) is 56.5 Å². The fourth-order valence-electron chi connectivity index (χ4n) is 2.66. The highest BCUT2D eigenvalue weighted by atomic mass is 35.5. The van der Waals surface area contributed by atoms with Gasteiger partial charge in [0.15, 0.2) is 0 Å². The van der Waals surface area contributed by atoms with Gasteiger partial charge in [0, 0.05) is 24.8 Å². The number of aliphatic hydroxyl groups excluding tert-OH is 1. The van der Waals surface area contributed by atoms with Gasteiger partial charge in [0.1, 0.15) is 0 Å². The highest BCUT2D eigenvalue weighted by Crippen LogP contribution is 2.22. The Morgan fingerprint density at radius 2 is 1.95 bits per heavy atom. The number of rotatable bonds is 6. The lowest BCUT2D eigenvalue weighted by molar-refractivity contribution is 0.0534.